The third-order valence-corrected chi connectivity index (χ3v) is 5.41. The van der Waals surface area contributed by atoms with Crippen molar-refractivity contribution in [2.75, 3.05) is 26.4 Å². The van der Waals surface area contributed by atoms with Gasteiger partial charge in [0.15, 0.2) is 0 Å². The maximum atomic E-state index is 12.7. The summed E-state index contributed by atoms with van der Waals surface area (Å²) in [7, 11) is 0. The van der Waals surface area contributed by atoms with Gasteiger partial charge in [0.1, 0.15) is 5.69 Å². The second-order valence-electron chi connectivity index (χ2n) is 6.92. The largest absolute Gasteiger partial charge is 0.462 e. The van der Waals surface area contributed by atoms with Crippen LogP contribution < -0.4 is 5.32 Å². The number of aromatic nitrogens is 3. The van der Waals surface area contributed by atoms with Crippen molar-refractivity contribution in [2.24, 2.45) is 0 Å². The van der Waals surface area contributed by atoms with Crippen LogP contribution in [0.1, 0.15) is 64.7 Å². The van der Waals surface area contributed by atoms with Crippen molar-refractivity contribution >= 4 is 23.4 Å². The summed E-state index contributed by atoms with van der Waals surface area (Å²) in [4.78, 5) is 24.6. The van der Waals surface area contributed by atoms with Crippen molar-refractivity contribution in [1.29, 1.82) is 0 Å². The van der Waals surface area contributed by atoms with E-state index in [9.17, 15) is 9.59 Å². The molecule has 0 saturated heterocycles. The summed E-state index contributed by atoms with van der Waals surface area (Å²) in [5.41, 5.74) is 3.16. The molecule has 1 amide bonds. The van der Waals surface area contributed by atoms with Gasteiger partial charge in [-0.05, 0) is 57.0 Å². The van der Waals surface area contributed by atoms with Crippen LogP contribution >= 0.6 is 11.5 Å². The molecule has 0 unspecified atom stereocenters. The molecule has 0 aromatic carbocycles. The van der Waals surface area contributed by atoms with E-state index < -0.39 is 0 Å². The van der Waals surface area contributed by atoms with Gasteiger partial charge in [-0.25, -0.2) is 9.17 Å². The van der Waals surface area contributed by atoms with Crippen molar-refractivity contribution in [3.8, 4) is 0 Å². The van der Waals surface area contributed by atoms with E-state index in [0.29, 0.717) is 44.2 Å². The summed E-state index contributed by atoms with van der Waals surface area (Å²) in [6, 6.07) is 0. The van der Waals surface area contributed by atoms with Crippen LogP contribution in [-0.2, 0) is 28.9 Å². The van der Waals surface area contributed by atoms with E-state index in [1.165, 1.54) is 17.7 Å². The minimum Gasteiger partial charge on any atom is -0.462 e. The standard InChI is InChI=1S/C20H28N4O4S/c1-2-24-18-16(7-5-10-27-11-6-9-21-19(18)25)17(23-24)8-3-4-12-28-20(26)15-13-22-29-14-15/h13-14H,2-12H2,1H3,(H,21,25). The average molecular weight is 421 g/mol. The topological polar surface area (TPSA) is 95.3 Å². The number of esters is 1. The van der Waals surface area contributed by atoms with Gasteiger partial charge in [0.2, 0.25) is 0 Å². The maximum Gasteiger partial charge on any atom is 0.340 e. The Bertz CT molecular complexity index is 804. The minimum atomic E-state index is -0.334. The molecule has 1 aliphatic heterocycles. The number of hydrogen-bond acceptors (Lipinski definition) is 7. The smallest absolute Gasteiger partial charge is 0.340 e. The molecule has 0 radical (unpaired) electrons. The molecule has 1 N–H and O–H groups in total. The van der Waals surface area contributed by atoms with Crippen LogP contribution in [0.15, 0.2) is 11.6 Å². The lowest BCUT2D eigenvalue weighted by atomic mass is 10.0. The van der Waals surface area contributed by atoms with E-state index in [-0.39, 0.29) is 11.9 Å². The van der Waals surface area contributed by atoms with Gasteiger partial charge in [-0.1, -0.05) is 0 Å². The van der Waals surface area contributed by atoms with Gasteiger partial charge < -0.3 is 14.8 Å². The Morgan fingerprint density at radius 2 is 2.21 bits per heavy atom. The first kappa shape index (κ1) is 21.4. The fraction of sp³-hybridized carbons (Fsp3) is 0.600. The van der Waals surface area contributed by atoms with Crippen LogP contribution in [0.2, 0.25) is 0 Å². The Morgan fingerprint density at radius 1 is 1.34 bits per heavy atom. The summed E-state index contributed by atoms with van der Waals surface area (Å²) in [6.45, 7) is 4.98. The molecule has 2 aromatic heterocycles. The lowest BCUT2D eigenvalue weighted by Crippen LogP contribution is -2.28. The Labute approximate surface area is 174 Å². The number of aryl methyl sites for hydroxylation is 2. The average Bonchev–Trinajstić information content (AvgIpc) is 3.36. The van der Waals surface area contributed by atoms with E-state index in [1.54, 1.807) is 5.38 Å². The molecule has 9 heteroatoms. The molecule has 0 aliphatic carbocycles. The molecule has 0 saturated carbocycles. The number of carbonyl (C=O) groups is 2. The zero-order valence-corrected chi connectivity index (χ0v) is 17.6. The lowest BCUT2D eigenvalue weighted by molar-refractivity contribution is 0.0498. The summed E-state index contributed by atoms with van der Waals surface area (Å²) >= 11 is 1.23. The highest BCUT2D eigenvalue weighted by Crippen LogP contribution is 2.20. The second-order valence-corrected chi connectivity index (χ2v) is 7.58. The number of ether oxygens (including phenoxy) is 2. The monoisotopic (exact) mass is 420 g/mol. The minimum absolute atomic E-state index is 0.0548. The van der Waals surface area contributed by atoms with Gasteiger partial charge in [-0.3, -0.25) is 9.48 Å². The van der Waals surface area contributed by atoms with Crippen molar-refractivity contribution in [3.05, 3.63) is 34.1 Å². The number of nitrogens with one attached hydrogen (secondary N) is 1. The molecule has 2 aromatic rings. The quantitative estimate of drug-likeness (QED) is 0.546. The van der Waals surface area contributed by atoms with Crippen molar-refractivity contribution in [1.82, 2.24) is 19.5 Å². The van der Waals surface area contributed by atoms with E-state index in [1.807, 2.05) is 11.6 Å². The molecule has 158 valence electrons. The predicted molar refractivity (Wildman–Crippen MR) is 109 cm³/mol. The normalized spacial score (nSPS) is 15.3. The molecular weight excluding hydrogens is 392 g/mol. The van der Waals surface area contributed by atoms with E-state index in [2.05, 4.69) is 9.69 Å². The second kappa shape index (κ2) is 11.1. The molecule has 0 atom stereocenters. The summed E-state index contributed by atoms with van der Waals surface area (Å²) < 4.78 is 16.6. The van der Waals surface area contributed by atoms with Gasteiger partial charge in [0, 0.05) is 37.2 Å². The van der Waals surface area contributed by atoms with Crippen molar-refractivity contribution < 1.29 is 19.1 Å². The maximum absolute atomic E-state index is 12.7. The van der Waals surface area contributed by atoms with Gasteiger partial charge >= 0.3 is 5.97 Å². The highest BCUT2D eigenvalue weighted by molar-refractivity contribution is 7.03. The molecule has 0 fully saturated rings. The summed E-state index contributed by atoms with van der Waals surface area (Å²) in [5, 5.41) is 9.37. The Balaban J connectivity index is 1.59. The lowest BCUT2D eigenvalue weighted by Gasteiger charge is -2.08. The zero-order chi connectivity index (χ0) is 20.5. The zero-order valence-electron chi connectivity index (χ0n) is 16.8. The number of unbranched alkanes of at least 4 members (excludes halogenated alkanes) is 1. The fourth-order valence-corrected chi connectivity index (χ4v) is 3.86. The number of nitrogens with zero attached hydrogens (tertiary/aromatic N) is 3. The van der Waals surface area contributed by atoms with Crippen LogP contribution in [0, 0.1) is 0 Å². The third-order valence-electron chi connectivity index (χ3n) is 4.82. The third kappa shape index (κ3) is 5.86. The Kier molecular flexibility index (Phi) is 8.18. The Hall–Kier alpha value is -2.26. The predicted octanol–water partition coefficient (Wildman–Crippen LogP) is 2.62. The van der Waals surface area contributed by atoms with Gasteiger partial charge in [0.25, 0.3) is 5.91 Å². The summed E-state index contributed by atoms with van der Waals surface area (Å²) in [5.74, 6) is -0.389. The van der Waals surface area contributed by atoms with E-state index in [4.69, 9.17) is 14.6 Å². The molecular formula is C20H28N4O4S. The van der Waals surface area contributed by atoms with Crippen LogP contribution in [0.3, 0.4) is 0 Å². The SMILES string of the molecule is CCn1nc(CCCCOC(=O)c2cnsc2)c2c1C(=O)NCCCOCCC2. The molecule has 29 heavy (non-hydrogen) atoms. The van der Waals surface area contributed by atoms with Crippen LogP contribution in [0.5, 0.6) is 0 Å². The molecule has 0 bridgehead atoms. The summed E-state index contributed by atoms with van der Waals surface area (Å²) in [6.07, 6.45) is 6.31. The van der Waals surface area contributed by atoms with Gasteiger partial charge in [0.05, 0.1) is 24.1 Å². The number of hydrogen-bond donors (Lipinski definition) is 1. The fourth-order valence-electron chi connectivity index (χ4n) is 3.36. The highest BCUT2D eigenvalue weighted by Gasteiger charge is 2.22. The van der Waals surface area contributed by atoms with Crippen LogP contribution in [0.4, 0.5) is 0 Å². The molecule has 8 nitrogen and oxygen atoms in total. The van der Waals surface area contributed by atoms with Crippen molar-refractivity contribution in [3.63, 3.8) is 0 Å². The number of carbonyl (C=O) groups excluding carboxylic acids is 2. The first-order valence-corrected chi connectivity index (χ1v) is 11.0. The molecule has 0 spiro atoms. The Morgan fingerprint density at radius 3 is 3.00 bits per heavy atom. The molecule has 3 heterocycles. The molecule has 3 rings (SSSR count). The van der Waals surface area contributed by atoms with Crippen LogP contribution in [0.25, 0.3) is 0 Å². The number of rotatable bonds is 7. The highest BCUT2D eigenvalue weighted by atomic mass is 32.1. The van der Waals surface area contributed by atoms with Gasteiger partial charge in [-0.15, -0.1) is 0 Å². The number of fused-ring (bicyclic) bond motifs is 1. The number of amides is 1. The van der Waals surface area contributed by atoms with Crippen molar-refractivity contribution in [2.45, 2.75) is 52.0 Å². The van der Waals surface area contributed by atoms with Gasteiger partial charge in [-0.2, -0.15) is 5.10 Å². The van der Waals surface area contributed by atoms with E-state index >= 15 is 0 Å². The van der Waals surface area contributed by atoms with E-state index in [0.717, 1.165) is 49.8 Å². The molecule has 1 aliphatic rings. The first-order valence-electron chi connectivity index (χ1n) is 10.2. The first-order chi connectivity index (χ1) is 14.2. The van der Waals surface area contributed by atoms with Crippen LogP contribution in [-0.4, -0.2) is 52.4 Å².